The Bertz CT molecular complexity index is 400. The van der Waals surface area contributed by atoms with Crippen LogP contribution in [0, 0.1) is 13.8 Å². The number of amides is 1. The number of aliphatic hydroxyl groups excluding tert-OH is 1. The molecular formula is C12H18N2O2. The summed E-state index contributed by atoms with van der Waals surface area (Å²) in [5.74, 6) is -0.205. The summed E-state index contributed by atoms with van der Waals surface area (Å²) in [7, 11) is 0. The minimum Gasteiger partial charge on any atom is -0.394 e. The molecule has 16 heavy (non-hydrogen) atoms. The Hall–Kier alpha value is -1.42. The van der Waals surface area contributed by atoms with Gasteiger partial charge < -0.3 is 10.4 Å². The molecule has 0 bridgehead atoms. The first-order valence-corrected chi connectivity index (χ1v) is 5.23. The van der Waals surface area contributed by atoms with E-state index in [1.54, 1.807) is 32.9 Å². The van der Waals surface area contributed by atoms with Crippen molar-refractivity contribution < 1.29 is 9.90 Å². The molecule has 0 aromatic carbocycles. The van der Waals surface area contributed by atoms with Gasteiger partial charge in [0.2, 0.25) is 0 Å². The van der Waals surface area contributed by atoms with E-state index in [1.807, 2.05) is 6.92 Å². The lowest BCUT2D eigenvalue weighted by atomic mass is 10.1. The Morgan fingerprint density at radius 3 is 2.56 bits per heavy atom. The Balaban J connectivity index is 2.89. The van der Waals surface area contributed by atoms with Crippen molar-refractivity contribution in [1.82, 2.24) is 10.3 Å². The zero-order valence-electron chi connectivity index (χ0n) is 10.2. The van der Waals surface area contributed by atoms with Gasteiger partial charge in [-0.15, -0.1) is 0 Å². The van der Waals surface area contributed by atoms with E-state index in [-0.39, 0.29) is 12.5 Å². The van der Waals surface area contributed by atoms with Gasteiger partial charge >= 0.3 is 0 Å². The molecule has 0 atom stereocenters. The third kappa shape index (κ3) is 3.03. The highest BCUT2D eigenvalue weighted by atomic mass is 16.3. The molecule has 0 saturated heterocycles. The number of carbonyl (C=O) groups excluding carboxylic acids is 1. The lowest BCUT2D eigenvalue weighted by Gasteiger charge is -2.23. The molecule has 1 aromatic heterocycles. The summed E-state index contributed by atoms with van der Waals surface area (Å²) < 4.78 is 0. The largest absolute Gasteiger partial charge is 0.394 e. The van der Waals surface area contributed by atoms with E-state index in [2.05, 4.69) is 10.3 Å². The molecule has 1 aromatic rings. The number of carbonyl (C=O) groups is 1. The molecule has 88 valence electrons. The molecule has 0 radical (unpaired) electrons. The topological polar surface area (TPSA) is 62.2 Å². The standard InChI is InChI=1S/C12H18N2O2/c1-8-5-6-10(9(2)13-8)11(16)14-12(3,4)7-15/h5-6,15H,7H2,1-4H3,(H,14,16). The second kappa shape index (κ2) is 4.61. The van der Waals surface area contributed by atoms with Crippen LogP contribution in [0.15, 0.2) is 12.1 Å². The SMILES string of the molecule is Cc1ccc(C(=O)NC(C)(C)CO)c(C)n1. The Kier molecular flexibility index (Phi) is 3.65. The molecule has 0 aliphatic carbocycles. The van der Waals surface area contributed by atoms with E-state index in [9.17, 15) is 4.79 Å². The second-order valence-corrected chi connectivity index (χ2v) is 4.58. The van der Waals surface area contributed by atoms with Gasteiger partial charge in [0.1, 0.15) is 0 Å². The molecule has 0 fully saturated rings. The second-order valence-electron chi connectivity index (χ2n) is 4.58. The number of nitrogens with one attached hydrogen (secondary N) is 1. The molecule has 0 aliphatic rings. The van der Waals surface area contributed by atoms with Crippen LogP contribution in [-0.2, 0) is 0 Å². The van der Waals surface area contributed by atoms with E-state index >= 15 is 0 Å². The highest BCUT2D eigenvalue weighted by Crippen LogP contribution is 2.09. The van der Waals surface area contributed by atoms with Gasteiger partial charge in [0.25, 0.3) is 5.91 Å². The van der Waals surface area contributed by atoms with E-state index in [0.29, 0.717) is 11.3 Å². The van der Waals surface area contributed by atoms with Crippen molar-refractivity contribution in [2.45, 2.75) is 33.2 Å². The fourth-order valence-corrected chi connectivity index (χ4v) is 1.34. The molecule has 4 heteroatoms. The van der Waals surface area contributed by atoms with Crippen molar-refractivity contribution in [2.75, 3.05) is 6.61 Å². The smallest absolute Gasteiger partial charge is 0.253 e. The Labute approximate surface area is 95.7 Å². The quantitative estimate of drug-likeness (QED) is 0.807. The fraction of sp³-hybridized carbons (Fsp3) is 0.500. The molecule has 0 saturated carbocycles. The molecule has 4 nitrogen and oxygen atoms in total. The van der Waals surface area contributed by atoms with Crippen molar-refractivity contribution in [3.63, 3.8) is 0 Å². The van der Waals surface area contributed by atoms with Crippen molar-refractivity contribution in [3.8, 4) is 0 Å². The van der Waals surface area contributed by atoms with Crippen LogP contribution in [0.5, 0.6) is 0 Å². The molecule has 0 unspecified atom stereocenters. The van der Waals surface area contributed by atoms with Crippen molar-refractivity contribution in [2.24, 2.45) is 0 Å². The van der Waals surface area contributed by atoms with Crippen LogP contribution < -0.4 is 5.32 Å². The zero-order valence-corrected chi connectivity index (χ0v) is 10.2. The van der Waals surface area contributed by atoms with E-state index in [0.717, 1.165) is 5.69 Å². The van der Waals surface area contributed by atoms with Crippen LogP contribution in [0.3, 0.4) is 0 Å². The van der Waals surface area contributed by atoms with Crippen molar-refractivity contribution >= 4 is 5.91 Å². The normalized spacial score (nSPS) is 11.3. The maximum absolute atomic E-state index is 11.9. The number of aliphatic hydroxyl groups is 1. The van der Waals surface area contributed by atoms with E-state index in [4.69, 9.17) is 5.11 Å². The maximum Gasteiger partial charge on any atom is 0.253 e. The summed E-state index contributed by atoms with van der Waals surface area (Å²) in [5.41, 5.74) is 1.52. The van der Waals surface area contributed by atoms with E-state index in [1.165, 1.54) is 0 Å². The average Bonchev–Trinajstić information content (AvgIpc) is 2.16. The summed E-state index contributed by atoms with van der Waals surface area (Å²) in [5, 5.41) is 11.8. The van der Waals surface area contributed by atoms with Crippen molar-refractivity contribution in [3.05, 3.63) is 29.1 Å². The van der Waals surface area contributed by atoms with Gasteiger partial charge in [-0.3, -0.25) is 9.78 Å². The summed E-state index contributed by atoms with van der Waals surface area (Å²) in [4.78, 5) is 16.1. The summed E-state index contributed by atoms with van der Waals surface area (Å²) >= 11 is 0. The Morgan fingerprint density at radius 1 is 1.44 bits per heavy atom. The molecule has 0 aliphatic heterocycles. The molecule has 1 rings (SSSR count). The summed E-state index contributed by atoms with van der Waals surface area (Å²) in [6, 6.07) is 3.55. The first kappa shape index (κ1) is 12.6. The van der Waals surface area contributed by atoms with Gasteiger partial charge in [-0.1, -0.05) is 0 Å². The fourth-order valence-electron chi connectivity index (χ4n) is 1.34. The number of nitrogens with zero attached hydrogens (tertiary/aromatic N) is 1. The molecular weight excluding hydrogens is 204 g/mol. The van der Waals surface area contributed by atoms with Crippen LogP contribution in [0.1, 0.15) is 35.6 Å². The predicted molar refractivity (Wildman–Crippen MR) is 62.3 cm³/mol. The van der Waals surface area contributed by atoms with Crippen LogP contribution in [-0.4, -0.2) is 28.1 Å². The summed E-state index contributed by atoms with van der Waals surface area (Å²) in [6.45, 7) is 7.11. The highest BCUT2D eigenvalue weighted by Gasteiger charge is 2.21. The molecule has 1 heterocycles. The van der Waals surface area contributed by atoms with Crippen LogP contribution in [0.2, 0.25) is 0 Å². The number of hydrogen-bond acceptors (Lipinski definition) is 3. The van der Waals surface area contributed by atoms with Gasteiger partial charge in [0.05, 0.1) is 23.4 Å². The molecule has 1 amide bonds. The number of aromatic nitrogens is 1. The number of aryl methyl sites for hydroxylation is 2. The van der Waals surface area contributed by atoms with Gasteiger partial charge in [-0.25, -0.2) is 0 Å². The van der Waals surface area contributed by atoms with Gasteiger partial charge in [0.15, 0.2) is 0 Å². The molecule has 2 N–H and O–H groups in total. The first-order valence-electron chi connectivity index (χ1n) is 5.23. The minimum absolute atomic E-state index is 0.100. The third-order valence-corrected chi connectivity index (χ3v) is 2.32. The average molecular weight is 222 g/mol. The lowest BCUT2D eigenvalue weighted by Crippen LogP contribution is -2.46. The highest BCUT2D eigenvalue weighted by molar-refractivity contribution is 5.95. The van der Waals surface area contributed by atoms with Gasteiger partial charge in [-0.05, 0) is 39.8 Å². The van der Waals surface area contributed by atoms with Crippen LogP contribution in [0.25, 0.3) is 0 Å². The molecule has 0 spiro atoms. The maximum atomic E-state index is 11.9. The number of hydrogen-bond donors (Lipinski definition) is 2. The van der Waals surface area contributed by atoms with E-state index < -0.39 is 5.54 Å². The monoisotopic (exact) mass is 222 g/mol. The van der Waals surface area contributed by atoms with Crippen LogP contribution >= 0.6 is 0 Å². The Morgan fingerprint density at radius 2 is 2.06 bits per heavy atom. The van der Waals surface area contributed by atoms with Crippen LogP contribution in [0.4, 0.5) is 0 Å². The van der Waals surface area contributed by atoms with Gasteiger partial charge in [-0.2, -0.15) is 0 Å². The first-order chi connectivity index (χ1) is 7.35. The third-order valence-electron chi connectivity index (χ3n) is 2.32. The van der Waals surface area contributed by atoms with Crippen molar-refractivity contribution in [1.29, 1.82) is 0 Å². The number of rotatable bonds is 3. The minimum atomic E-state index is -0.617. The van der Waals surface area contributed by atoms with Gasteiger partial charge in [0, 0.05) is 5.69 Å². The zero-order chi connectivity index (χ0) is 12.3. The predicted octanol–water partition coefficient (Wildman–Crippen LogP) is 1.20. The lowest BCUT2D eigenvalue weighted by molar-refractivity contribution is 0.0868. The summed E-state index contributed by atoms with van der Waals surface area (Å²) in [6.07, 6.45) is 0. The number of pyridine rings is 1.